The molecule has 0 aliphatic rings. The second kappa shape index (κ2) is 11.2. The van der Waals surface area contributed by atoms with Gasteiger partial charge < -0.3 is 14.8 Å². The summed E-state index contributed by atoms with van der Waals surface area (Å²) in [6.07, 6.45) is 9.08. The van der Waals surface area contributed by atoms with Crippen LogP contribution >= 0.6 is 0 Å². The highest BCUT2D eigenvalue weighted by Gasteiger charge is 2.06. The molecule has 0 fully saturated rings. The summed E-state index contributed by atoms with van der Waals surface area (Å²) in [6, 6.07) is 6.44. The molecule has 0 spiro atoms. The third-order valence-electron chi connectivity index (χ3n) is 3.62. The monoisotopic (exact) mass is 307 g/mol. The Bertz CT molecular complexity index is 404. The first-order valence-electron chi connectivity index (χ1n) is 8.74. The van der Waals surface area contributed by atoms with E-state index in [1.807, 2.05) is 18.2 Å². The number of benzene rings is 1. The lowest BCUT2D eigenvalue weighted by molar-refractivity contribution is 0.284. The van der Waals surface area contributed by atoms with Gasteiger partial charge in [0.1, 0.15) is 0 Å². The fourth-order valence-electron chi connectivity index (χ4n) is 2.45. The van der Waals surface area contributed by atoms with Crippen molar-refractivity contribution < 1.29 is 9.47 Å². The van der Waals surface area contributed by atoms with Gasteiger partial charge in [0.2, 0.25) is 0 Å². The zero-order valence-electron chi connectivity index (χ0n) is 14.8. The van der Waals surface area contributed by atoms with Gasteiger partial charge in [-0.2, -0.15) is 0 Å². The minimum absolute atomic E-state index is 0.407. The highest BCUT2D eigenvalue weighted by molar-refractivity contribution is 5.55. The number of rotatable bonds is 12. The highest BCUT2D eigenvalue weighted by Crippen LogP contribution is 2.30. The van der Waals surface area contributed by atoms with E-state index in [0.717, 1.165) is 30.2 Å². The van der Waals surface area contributed by atoms with E-state index < -0.39 is 0 Å². The first-order chi connectivity index (χ1) is 10.7. The van der Waals surface area contributed by atoms with Crippen LogP contribution < -0.4 is 14.8 Å². The number of hydrogen-bond acceptors (Lipinski definition) is 3. The molecule has 0 amide bonds. The van der Waals surface area contributed by atoms with Crippen LogP contribution in [0.3, 0.4) is 0 Å². The van der Waals surface area contributed by atoms with E-state index in [-0.39, 0.29) is 0 Å². The second-order valence-electron chi connectivity index (χ2n) is 6.13. The second-order valence-corrected chi connectivity index (χ2v) is 6.13. The van der Waals surface area contributed by atoms with E-state index in [0.29, 0.717) is 6.04 Å². The van der Waals surface area contributed by atoms with E-state index in [2.05, 4.69) is 26.1 Å². The van der Waals surface area contributed by atoms with Gasteiger partial charge in [0.05, 0.1) is 13.7 Å². The van der Waals surface area contributed by atoms with Gasteiger partial charge in [0, 0.05) is 17.8 Å². The highest BCUT2D eigenvalue weighted by atomic mass is 16.5. The third kappa shape index (κ3) is 7.58. The zero-order chi connectivity index (χ0) is 16.2. The Hall–Kier alpha value is -1.38. The van der Waals surface area contributed by atoms with Crippen LogP contribution in [0.2, 0.25) is 0 Å². The summed E-state index contributed by atoms with van der Waals surface area (Å²) in [7, 11) is 1.69. The van der Waals surface area contributed by atoms with E-state index >= 15 is 0 Å². The Morgan fingerprint density at radius 2 is 1.64 bits per heavy atom. The SMILES string of the molecule is CCCCCCCCCOc1ccc(NC(C)C)cc1OC. The minimum Gasteiger partial charge on any atom is -0.493 e. The van der Waals surface area contributed by atoms with Crippen molar-refractivity contribution in [3.8, 4) is 11.5 Å². The number of hydrogen-bond donors (Lipinski definition) is 1. The van der Waals surface area contributed by atoms with Crippen molar-refractivity contribution in [1.82, 2.24) is 0 Å². The molecule has 3 heteroatoms. The molecular weight excluding hydrogens is 274 g/mol. The number of unbranched alkanes of at least 4 members (excludes halogenated alkanes) is 6. The molecule has 22 heavy (non-hydrogen) atoms. The number of nitrogens with one attached hydrogen (secondary N) is 1. The first kappa shape index (κ1) is 18.7. The molecule has 1 N–H and O–H groups in total. The molecule has 0 aromatic heterocycles. The summed E-state index contributed by atoms with van der Waals surface area (Å²) in [5, 5.41) is 3.37. The third-order valence-corrected chi connectivity index (χ3v) is 3.62. The van der Waals surface area contributed by atoms with E-state index in [9.17, 15) is 0 Å². The summed E-state index contributed by atoms with van der Waals surface area (Å²) in [5.74, 6) is 1.64. The Labute approximate surface area is 136 Å². The van der Waals surface area contributed by atoms with E-state index in [4.69, 9.17) is 9.47 Å². The quantitative estimate of drug-likeness (QED) is 0.506. The molecule has 0 saturated carbocycles. The lowest BCUT2D eigenvalue weighted by atomic mass is 10.1. The average molecular weight is 307 g/mol. The minimum atomic E-state index is 0.407. The lowest BCUT2D eigenvalue weighted by Gasteiger charge is -2.14. The lowest BCUT2D eigenvalue weighted by Crippen LogP contribution is -2.09. The van der Waals surface area contributed by atoms with E-state index in [1.165, 1.54) is 38.5 Å². The summed E-state index contributed by atoms with van der Waals surface area (Å²) < 4.78 is 11.3. The number of methoxy groups -OCH3 is 1. The molecule has 1 aromatic carbocycles. The zero-order valence-corrected chi connectivity index (χ0v) is 14.8. The topological polar surface area (TPSA) is 30.5 Å². The van der Waals surface area contributed by atoms with Gasteiger partial charge in [0.25, 0.3) is 0 Å². The van der Waals surface area contributed by atoms with Crippen LogP contribution in [-0.2, 0) is 0 Å². The van der Waals surface area contributed by atoms with Crippen molar-refractivity contribution in [2.24, 2.45) is 0 Å². The van der Waals surface area contributed by atoms with Crippen LogP contribution in [0, 0.1) is 0 Å². The molecule has 0 heterocycles. The van der Waals surface area contributed by atoms with Crippen LogP contribution in [0.5, 0.6) is 11.5 Å². The maximum atomic E-state index is 5.86. The summed E-state index contributed by atoms with van der Waals surface area (Å²) in [6.45, 7) is 7.26. The fraction of sp³-hybridized carbons (Fsp3) is 0.684. The van der Waals surface area contributed by atoms with Crippen molar-refractivity contribution in [3.05, 3.63) is 18.2 Å². The van der Waals surface area contributed by atoms with Gasteiger partial charge in [-0.25, -0.2) is 0 Å². The number of ether oxygens (including phenoxy) is 2. The Balaban J connectivity index is 2.30. The maximum Gasteiger partial charge on any atom is 0.162 e. The Kier molecular flexibility index (Phi) is 9.52. The average Bonchev–Trinajstić information content (AvgIpc) is 2.50. The molecule has 0 radical (unpaired) electrons. The smallest absolute Gasteiger partial charge is 0.162 e. The molecule has 3 nitrogen and oxygen atoms in total. The van der Waals surface area contributed by atoms with Gasteiger partial charge in [-0.3, -0.25) is 0 Å². The molecule has 0 aliphatic carbocycles. The molecule has 0 unspecified atom stereocenters. The predicted octanol–water partition coefficient (Wildman–Crippen LogP) is 5.64. The van der Waals surface area contributed by atoms with Crippen LogP contribution in [-0.4, -0.2) is 19.8 Å². The molecule has 126 valence electrons. The molecular formula is C19H33NO2. The van der Waals surface area contributed by atoms with E-state index in [1.54, 1.807) is 7.11 Å². The molecule has 1 aromatic rings. The molecule has 0 bridgehead atoms. The number of anilines is 1. The van der Waals surface area contributed by atoms with Crippen LogP contribution in [0.4, 0.5) is 5.69 Å². The Morgan fingerprint density at radius 3 is 2.27 bits per heavy atom. The molecule has 0 aliphatic heterocycles. The van der Waals surface area contributed by atoms with Crippen LogP contribution in [0.1, 0.15) is 65.7 Å². The largest absolute Gasteiger partial charge is 0.493 e. The van der Waals surface area contributed by atoms with Gasteiger partial charge in [0.15, 0.2) is 11.5 Å². The van der Waals surface area contributed by atoms with Crippen molar-refractivity contribution in [1.29, 1.82) is 0 Å². The summed E-state index contributed by atoms with van der Waals surface area (Å²) >= 11 is 0. The van der Waals surface area contributed by atoms with Crippen molar-refractivity contribution >= 4 is 5.69 Å². The van der Waals surface area contributed by atoms with Gasteiger partial charge >= 0.3 is 0 Å². The van der Waals surface area contributed by atoms with Crippen molar-refractivity contribution in [2.45, 2.75) is 71.8 Å². The molecule has 0 atom stereocenters. The Morgan fingerprint density at radius 1 is 0.955 bits per heavy atom. The standard InChI is InChI=1S/C19H33NO2/c1-5-6-7-8-9-10-11-14-22-18-13-12-17(20-16(2)3)15-19(18)21-4/h12-13,15-16,20H,5-11,14H2,1-4H3. The summed E-state index contributed by atoms with van der Waals surface area (Å²) in [4.78, 5) is 0. The van der Waals surface area contributed by atoms with Crippen LogP contribution in [0.25, 0.3) is 0 Å². The maximum absolute atomic E-state index is 5.86. The first-order valence-corrected chi connectivity index (χ1v) is 8.74. The van der Waals surface area contributed by atoms with Crippen molar-refractivity contribution in [2.75, 3.05) is 19.0 Å². The van der Waals surface area contributed by atoms with Gasteiger partial charge in [-0.15, -0.1) is 0 Å². The predicted molar refractivity (Wildman–Crippen MR) is 95.2 cm³/mol. The molecule has 0 saturated heterocycles. The molecule has 1 rings (SSSR count). The fourth-order valence-corrected chi connectivity index (χ4v) is 2.45. The van der Waals surface area contributed by atoms with Crippen molar-refractivity contribution in [3.63, 3.8) is 0 Å². The van der Waals surface area contributed by atoms with Crippen LogP contribution in [0.15, 0.2) is 18.2 Å². The normalized spacial score (nSPS) is 10.8. The summed E-state index contributed by atoms with van der Waals surface area (Å²) in [5.41, 5.74) is 1.06. The van der Waals surface area contributed by atoms with Gasteiger partial charge in [-0.05, 0) is 32.4 Å². The van der Waals surface area contributed by atoms with Gasteiger partial charge in [-0.1, -0.05) is 45.4 Å².